The number of hydrogen-bond donors (Lipinski definition) is 2. The average Bonchev–Trinajstić information content (AvgIpc) is 3.41. The highest BCUT2D eigenvalue weighted by Crippen LogP contribution is 2.70. The number of aliphatic hydroxyl groups excluding tert-OH is 1. The summed E-state index contributed by atoms with van der Waals surface area (Å²) in [6, 6.07) is 0. The Morgan fingerprint density at radius 3 is 2.57 bits per heavy atom. The molecule has 1 saturated heterocycles. The van der Waals surface area contributed by atoms with Crippen molar-refractivity contribution < 1.29 is 34.0 Å². The molecule has 0 bridgehead atoms. The van der Waals surface area contributed by atoms with E-state index in [0.29, 0.717) is 30.8 Å². The van der Waals surface area contributed by atoms with Gasteiger partial charge in [-0.05, 0) is 99.4 Å². The zero-order valence-electron chi connectivity index (χ0n) is 23.0. The Hall–Kier alpha value is -0.990. The van der Waals surface area contributed by atoms with Gasteiger partial charge in [-0.2, -0.15) is 0 Å². The SMILES string of the molecule is CO[C@H]1C[C@H](O[C@H]2CC[C@@]3(C)[C@H](CC[C@@H]4[C@@H]3CC[C@]3(C)[C@@H](C5=CC(=O)OC5)CC[C@]43O)C2)O[C@H](C)[C@H]1O. The predicted octanol–water partition coefficient (Wildman–Crippen LogP) is 4.14. The number of methoxy groups -OCH3 is 1. The van der Waals surface area contributed by atoms with E-state index in [1.807, 2.05) is 6.92 Å². The van der Waals surface area contributed by atoms with Crippen LogP contribution in [0, 0.1) is 34.5 Å². The monoisotopic (exact) mass is 518 g/mol. The van der Waals surface area contributed by atoms with Crippen LogP contribution < -0.4 is 0 Å². The first-order valence-corrected chi connectivity index (χ1v) is 14.7. The molecule has 0 aromatic rings. The van der Waals surface area contributed by atoms with E-state index >= 15 is 0 Å². The van der Waals surface area contributed by atoms with Gasteiger partial charge in [-0.3, -0.25) is 0 Å². The molecule has 0 unspecified atom stereocenters. The Morgan fingerprint density at radius 2 is 1.84 bits per heavy atom. The van der Waals surface area contributed by atoms with Gasteiger partial charge in [0.05, 0.1) is 23.9 Å². The first-order valence-electron chi connectivity index (χ1n) is 14.7. The second kappa shape index (κ2) is 9.29. The molecule has 4 saturated carbocycles. The van der Waals surface area contributed by atoms with Gasteiger partial charge in [-0.25, -0.2) is 4.79 Å². The minimum atomic E-state index is -0.670. The summed E-state index contributed by atoms with van der Waals surface area (Å²) in [4.78, 5) is 11.8. The summed E-state index contributed by atoms with van der Waals surface area (Å²) in [7, 11) is 1.64. The Morgan fingerprint density at radius 1 is 1.03 bits per heavy atom. The lowest BCUT2D eigenvalue weighted by atomic mass is 9.43. The van der Waals surface area contributed by atoms with Crippen molar-refractivity contribution in [2.24, 2.45) is 34.5 Å². The first-order chi connectivity index (χ1) is 17.6. The van der Waals surface area contributed by atoms with E-state index in [9.17, 15) is 15.0 Å². The number of cyclic esters (lactones) is 1. The van der Waals surface area contributed by atoms with Gasteiger partial charge in [0.25, 0.3) is 0 Å². The second-order valence-electron chi connectivity index (χ2n) is 13.6. The van der Waals surface area contributed by atoms with Gasteiger partial charge in [0, 0.05) is 25.0 Å². The molecule has 7 heteroatoms. The molecule has 0 amide bonds. The molecule has 2 heterocycles. The van der Waals surface area contributed by atoms with Gasteiger partial charge >= 0.3 is 5.97 Å². The largest absolute Gasteiger partial charge is 0.458 e. The smallest absolute Gasteiger partial charge is 0.331 e. The normalized spacial score (nSPS) is 53.6. The number of ether oxygens (including phenoxy) is 4. The number of fused-ring (bicyclic) bond motifs is 5. The maximum atomic E-state index is 12.4. The van der Waals surface area contributed by atoms with Crippen molar-refractivity contribution >= 4 is 5.97 Å². The summed E-state index contributed by atoms with van der Waals surface area (Å²) in [5.74, 6) is 1.45. The van der Waals surface area contributed by atoms with Crippen LogP contribution in [0.3, 0.4) is 0 Å². The van der Waals surface area contributed by atoms with Gasteiger partial charge < -0.3 is 29.2 Å². The number of carbonyl (C=O) groups excluding carboxylic acids is 1. The first kappa shape index (κ1) is 26.2. The lowest BCUT2D eigenvalue weighted by molar-refractivity contribution is -0.273. The molecule has 12 atom stereocenters. The van der Waals surface area contributed by atoms with Crippen molar-refractivity contribution in [2.75, 3.05) is 13.7 Å². The van der Waals surface area contributed by atoms with Crippen molar-refractivity contribution in [3.63, 3.8) is 0 Å². The van der Waals surface area contributed by atoms with Crippen LogP contribution in [0.15, 0.2) is 11.6 Å². The Labute approximate surface area is 221 Å². The predicted molar refractivity (Wildman–Crippen MR) is 136 cm³/mol. The summed E-state index contributed by atoms with van der Waals surface area (Å²) < 4.78 is 23.2. The van der Waals surface area contributed by atoms with Crippen LogP contribution in [0.5, 0.6) is 0 Å². The molecular weight excluding hydrogens is 472 g/mol. The third-order valence-corrected chi connectivity index (χ3v) is 12.2. The molecule has 4 aliphatic carbocycles. The molecule has 6 aliphatic rings. The summed E-state index contributed by atoms with van der Waals surface area (Å²) in [6.45, 7) is 7.07. The summed E-state index contributed by atoms with van der Waals surface area (Å²) >= 11 is 0. The fraction of sp³-hybridized carbons (Fsp3) is 0.900. The Bertz CT molecular complexity index is 935. The maximum absolute atomic E-state index is 12.4. The van der Waals surface area contributed by atoms with E-state index in [2.05, 4.69) is 13.8 Å². The zero-order valence-corrected chi connectivity index (χ0v) is 23.0. The molecule has 208 valence electrons. The minimum Gasteiger partial charge on any atom is -0.458 e. The lowest BCUT2D eigenvalue weighted by Gasteiger charge is -2.64. The van der Waals surface area contributed by atoms with E-state index < -0.39 is 11.7 Å². The summed E-state index contributed by atoms with van der Waals surface area (Å²) in [6.07, 6.45) is 10.2. The van der Waals surface area contributed by atoms with Crippen molar-refractivity contribution in [3.8, 4) is 0 Å². The van der Waals surface area contributed by atoms with Crippen LogP contribution in [0.25, 0.3) is 0 Å². The van der Waals surface area contributed by atoms with Crippen LogP contribution in [-0.4, -0.2) is 66.2 Å². The van der Waals surface area contributed by atoms with E-state index in [1.54, 1.807) is 13.2 Å². The second-order valence-corrected chi connectivity index (χ2v) is 13.6. The molecule has 5 fully saturated rings. The number of carbonyl (C=O) groups is 1. The molecule has 0 radical (unpaired) electrons. The molecule has 0 aromatic carbocycles. The minimum absolute atomic E-state index is 0.166. The molecule has 2 N–H and O–H groups in total. The molecule has 0 spiro atoms. The van der Waals surface area contributed by atoms with Gasteiger partial charge in [-0.15, -0.1) is 0 Å². The quantitative estimate of drug-likeness (QED) is 0.427. The fourth-order valence-corrected chi connectivity index (χ4v) is 10.0. The third-order valence-electron chi connectivity index (χ3n) is 12.2. The van der Waals surface area contributed by atoms with Gasteiger partial charge in [0.15, 0.2) is 6.29 Å². The van der Waals surface area contributed by atoms with Crippen LogP contribution in [0.1, 0.15) is 85.0 Å². The highest BCUT2D eigenvalue weighted by molar-refractivity contribution is 5.85. The number of hydrogen-bond acceptors (Lipinski definition) is 7. The highest BCUT2D eigenvalue weighted by atomic mass is 16.7. The Kier molecular flexibility index (Phi) is 6.59. The van der Waals surface area contributed by atoms with Gasteiger partial charge in [0.1, 0.15) is 12.7 Å². The average molecular weight is 519 g/mol. The highest BCUT2D eigenvalue weighted by Gasteiger charge is 2.67. The fourth-order valence-electron chi connectivity index (χ4n) is 10.0. The van der Waals surface area contributed by atoms with Gasteiger partial charge in [0.2, 0.25) is 0 Å². The standard InChI is InChI=1S/C30H46O7/c1-17-27(32)24(34-4)15-26(36-17)37-20-7-10-28(2)19(14-20)5-6-23-22(28)8-11-29(3)21(9-12-30(23,29)33)18-13-25(31)35-16-18/h13,17,19-24,26-27,32-33H,5-12,14-16H2,1-4H3/t17-,19-,20+,21-,22+,23-,24+,26+,27-,28+,29-,30+/m1/s1. The molecule has 6 rings (SSSR count). The summed E-state index contributed by atoms with van der Waals surface area (Å²) in [5.41, 5.74) is 0.461. The van der Waals surface area contributed by atoms with E-state index in [1.165, 1.54) is 0 Å². The topological polar surface area (TPSA) is 94.5 Å². The van der Waals surface area contributed by atoms with Gasteiger partial charge in [-0.1, -0.05) is 13.8 Å². The van der Waals surface area contributed by atoms with Crippen molar-refractivity contribution in [1.29, 1.82) is 0 Å². The maximum Gasteiger partial charge on any atom is 0.331 e. The molecule has 0 aromatic heterocycles. The van der Waals surface area contributed by atoms with Crippen molar-refractivity contribution in [3.05, 3.63) is 11.6 Å². The summed E-state index contributed by atoms with van der Waals surface area (Å²) in [5, 5.41) is 22.7. The number of aliphatic hydroxyl groups is 2. The Balaban J connectivity index is 1.15. The lowest BCUT2D eigenvalue weighted by Crippen LogP contribution is -2.62. The molecule has 7 nitrogen and oxygen atoms in total. The van der Waals surface area contributed by atoms with E-state index in [0.717, 1.165) is 63.4 Å². The number of esters is 1. The van der Waals surface area contributed by atoms with Crippen LogP contribution in [0.2, 0.25) is 0 Å². The van der Waals surface area contributed by atoms with Crippen LogP contribution >= 0.6 is 0 Å². The third kappa shape index (κ3) is 3.97. The van der Waals surface area contributed by atoms with Crippen molar-refractivity contribution in [1.82, 2.24) is 0 Å². The van der Waals surface area contributed by atoms with Crippen LogP contribution in [-0.2, 0) is 23.7 Å². The van der Waals surface area contributed by atoms with Crippen LogP contribution in [0.4, 0.5) is 0 Å². The molecular formula is C30H46O7. The van der Waals surface area contributed by atoms with Crippen molar-refractivity contribution in [2.45, 2.75) is 121 Å². The number of rotatable bonds is 4. The molecule has 2 aliphatic heterocycles. The van der Waals surface area contributed by atoms with E-state index in [-0.39, 0.29) is 47.3 Å². The van der Waals surface area contributed by atoms with E-state index in [4.69, 9.17) is 18.9 Å². The zero-order chi connectivity index (χ0) is 26.2. The molecule has 37 heavy (non-hydrogen) atoms.